The number of aliphatic hydroxyl groups is 1. The lowest BCUT2D eigenvalue weighted by atomic mass is 9.83. The predicted molar refractivity (Wildman–Crippen MR) is 66.7 cm³/mol. The zero-order valence-corrected chi connectivity index (χ0v) is 11.2. The van der Waals surface area contributed by atoms with Crippen molar-refractivity contribution in [3.05, 3.63) is 0 Å². The molecule has 1 aliphatic rings. The van der Waals surface area contributed by atoms with E-state index in [-0.39, 0.29) is 25.2 Å². The van der Waals surface area contributed by atoms with Gasteiger partial charge in [-0.3, -0.25) is 4.79 Å². The second-order valence-corrected chi connectivity index (χ2v) is 6.76. The van der Waals surface area contributed by atoms with E-state index in [4.69, 9.17) is 5.11 Å². The van der Waals surface area contributed by atoms with E-state index in [9.17, 15) is 18.3 Å². The monoisotopic (exact) mass is 279 g/mol. The maximum atomic E-state index is 11.8. The highest BCUT2D eigenvalue weighted by atomic mass is 32.2. The van der Waals surface area contributed by atoms with Gasteiger partial charge < -0.3 is 10.2 Å². The molecule has 18 heavy (non-hydrogen) atoms. The van der Waals surface area contributed by atoms with E-state index >= 15 is 0 Å². The maximum absolute atomic E-state index is 11.8. The van der Waals surface area contributed by atoms with Crippen LogP contribution in [0.15, 0.2) is 0 Å². The molecule has 1 fully saturated rings. The fourth-order valence-corrected chi connectivity index (χ4v) is 3.87. The van der Waals surface area contributed by atoms with Gasteiger partial charge in [-0.2, -0.15) is 0 Å². The summed E-state index contributed by atoms with van der Waals surface area (Å²) in [6, 6.07) is 0. The molecule has 106 valence electrons. The summed E-state index contributed by atoms with van der Waals surface area (Å²) in [6.45, 7) is -0.203. The van der Waals surface area contributed by atoms with E-state index < -0.39 is 21.5 Å². The smallest absolute Gasteiger partial charge is 0.303 e. The van der Waals surface area contributed by atoms with Crippen LogP contribution >= 0.6 is 0 Å². The Hall–Kier alpha value is -0.660. The fraction of sp³-hybridized carbons (Fsp3) is 0.909. The first-order chi connectivity index (χ1) is 8.39. The van der Waals surface area contributed by atoms with Gasteiger partial charge in [-0.15, -0.1) is 0 Å². The molecule has 0 amide bonds. The molecule has 0 saturated heterocycles. The molecule has 0 aromatic rings. The highest BCUT2D eigenvalue weighted by Crippen LogP contribution is 2.28. The van der Waals surface area contributed by atoms with Crippen molar-refractivity contribution in [3.8, 4) is 0 Å². The van der Waals surface area contributed by atoms with Gasteiger partial charge in [0.25, 0.3) is 0 Å². The van der Waals surface area contributed by atoms with E-state index in [1.165, 1.54) is 0 Å². The summed E-state index contributed by atoms with van der Waals surface area (Å²) in [6.07, 6.45) is 4.07. The molecule has 0 heterocycles. The molecule has 0 aromatic carbocycles. The van der Waals surface area contributed by atoms with E-state index in [0.29, 0.717) is 12.8 Å². The number of carboxylic acid groups (broad SMARTS) is 1. The number of aliphatic hydroxyl groups excluding tert-OH is 1. The first kappa shape index (κ1) is 15.4. The van der Waals surface area contributed by atoms with Crippen LogP contribution in [-0.4, -0.2) is 42.5 Å². The highest BCUT2D eigenvalue weighted by Gasteiger charge is 2.35. The Bertz CT molecular complexity index is 373. The molecule has 0 unspecified atom stereocenters. The molecule has 6 nitrogen and oxygen atoms in total. The Morgan fingerprint density at radius 3 is 2.33 bits per heavy atom. The molecule has 0 bridgehead atoms. The Morgan fingerprint density at radius 2 is 1.83 bits per heavy atom. The number of hydrogen-bond donors (Lipinski definition) is 3. The van der Waals surface area contributed by atoms with Gasteiger partial charge in [-0.1, -0.05) is 19.3 Å². The maximum Gasteiger partial charge on any atom is 0.303 e. The molecule has 0 aromatic heterocycles. The molecule has 0 spiro atoms. The minimum Gasteiger partial charge on any atom is -0.481 e. The molecule has 0 aliphatic heterocycles. The van der Waals surface area contributed by atoms with Gasteiger partial charge in [-0.05, 0) is 19.3 Å². The number of hydrogen-bond acceptors (Lipinski definition) is 4. The molecule has 1 saturated carbocycles. The van der Waals surface area contributed by atoms with Crippen molar-refractivity contribution in [2.75, 3.05) is 12.4 Å². The second-order valence-electron chi connectivity index (χ2n) is 4.92. The third kappa shape index (κ3) is 4.91. The van der Waals surface area contributed by atoms with Gasteiger partial charge in [0.1, 0.15) is 0 Å². The summed E-state index contributed by atoms with van der Waals surface area (Å²) in [5.41, 5.74) is -0.736. The Balaban J connectivity index is 2.54. The third-order valence-electron chi connectivity index (χ3n) is 3.29. The highest BCUT2D eigenvalue weighted by molar-refractivity contribution is 7.89. The van der Waals surface area contributed by atoms with Gasteiger partial charge in [-0.25, -0.2) is 13.1 Å². The van der Waals surface area contributed by atoms with Crippen molar-refractivity contribution >= 4 is 16.0 Å². The van der Waals surface area contributed by atoms with Crippen molar-refractivity contribution in [1.82, 2.24) is 4.72 Å². The summed E-state index contributed by atoms with van der Waals surface area (Å²) < 4.78 is 26.2. The van der Waals surface area contributed by atoms with Gasteiger partial charge in [0.2, 0.25) is 10.0 Å². The van der Waals surface area contributed by atoms with Gasteiger partial charge >= 0.3 is 5.97 Å². The van der Waals surface area contributed by atoms with Crippen LogP contribution in [0.1, 0.15) is 44.9 Å². The topological polar surface area (TPSA) is 104 Å². The second kappa shape index (κ2) is 6.49. The molecule has 7 heteroatoms. The van der Waals surface area contributed by atoms with Crippen molar-refractivity contribution in [2.45, 2.75) is 50.5 Å². The quantitative estimate of drug-likeness (QED) is 0.628. The van der Waals surface area contributed by atoms with Crippen LogP contribution < -0.4 is 4.72 Å². The number of rotatable bonds is 7. The number of aliphatic carboxylic acids is 1. The lowest BCUT2D eigenvalue weighted by Gasteiger charge is -2.36. The Morgan fingerprint density at radius 1 is 1.22 bits per heavy atom. The molecule has 1 rings (SSSR count). The lowest BCUT2D eigenvalue weighted by Crippen LogP contribution is -2.53. The summed E-state index contributed by atoms with van der Waals surface area (Å²) >= 11 is 0. The predicted octanol–water partition coefficient (Wildman–Crippen LogP) is 0.466. The Kier molecular flexibility index (Phi) is 5.55. The number of nitrogens with one attached hydrogen (secondary N) is 1. The molecule has 0 radical (unpaired) electrons. The minimum atomic E-state index is -3.52. The largest absolute Gasteiger partial charge is 0.481 e. The SMILES string of the molecule is O=C(O)CCCS(=O)(=O)NC1(CO)CCCCC1. The first-order valence-corrected chi connectivity index (χ1v) is 7.89. The van der Waals surface area contributed by atoms with Gasteiger partial charge in [0, 0.05) is 6.42 Å². The van der Waals surface area contributed by atoms with Gasteiger partial charge in [0.15, 0.2) is 0 Å². The van der Waals surface area contributed by atoms with Crippen molar-refractivity contribution in [3.63, 3.8) is 0 Å². The molecule has 1 aliphatic carbocycles. The average Bonchev–Trinajstić information content (AvgIpc) is 2.28. The summed E-state index contributed by atoms with van der Waals surface area (Å²) in [5.74, 6) is -1.21. The van der Waals surface area contributed by atoms with Crippen LogP contribution in [0, 0.1) is 0 Å². The Labute approximate surface area is 107 Å². The van der Waals surface area contributed by atoms with E-state index in [0.717, 1.165) is 19.3 Å². The zero-order valence-electron chi connectivity index (χ0n) is 10.4. The van der Waals surface area contributed by atoms with E-state index in [1.807, 2.05) is 0 Å². The van der Waals surface area contributed by atoms with Crippen molar-refractivity contribution in [2.24, 2.45) is 0 Å². The fourth-order valence-electron chi connectivity index (χ4n) is 2.32. The summed E-state index contributed by atoms with van der Waals surface area (Å²) in [4.78, 5) is 10.3. The molecule has 3 N–H and O–H groups in total. The number of sulfonamides is 1. The molecule has 0 atom stereocenters. The lowest BCUT2D eigenvalue weighted by molar-refractivity contribution is -0.137. The van der Waals surface area contributed by atoms with Crippen molar-refractivity contribution < 1.29 is 23.4 Å². The average molecular weight is 279 g/mol. The van der Waals surface area contributed by atoms with Crippen molar-refractivity contribution in [1.29, 1.82) is 0 Å². The van der Waals surface area contributed by atoms with Crippen LogP contribution in [0.2, 0.25) is 0 Å². The van der Waals surface area contributed by atoms with Crippen LogP contribution in [0.4, 0.5) is 0 Å². The number of carbonyl (C=O) groups is 1. The molecular formula is C11H21NO5S. The normalized spacial score (nSPS) is 19.6. The van der Waals surface area contributed by atoms with Crippen LogP contribution in [0.5, 0.6) is 0 Å². The van der Waals surface area contributed by atoms with E-state index in [2.05, 4.69) is 4.72 Å². The third-order valence-corrected chi connectivity index (χ3v) is 4.86. The van der Waals surface area contributed by atoms with E-state index in [1.54, 1.807) is 0 Å². The number of carboxylic acids is 1. The zero-order chi connectivity index (χ0) is 13.6. The summed E-state index contributed by atoms with van der Waals surface area (Å²) in [5, 5.41) is 17.9. The standard InChI is InChI=1S/C11H21NO5S/c13-9-11(6-2-1-3-7-11)12-18(16,17)8-4-5-10(14)15/h12-13H,1-9H2,(H,14,15). The summed E-state index contributed by atoms with van der Waals surface area (Å²) in [7, 11) is -3.52. The molecular weight excluding hydrogens is 258 g/mol. The van der Waals surface area contributed by atoms with Gasteiger partial charge in [0.05, 0.1) is 17.9 Å². The minimum absolute atomic E-state index is 0.0895. The first-order valence-electron chi connectivity index (χ1n) is 6.23. The van der Waals surface area contributed by atoms with Crippen LogP contribution in [0.3, 0.4) is 0 Å². The van der Waals surface area contributed by atoms with Crippen LogP contribution in [-0.2, 0) is 14.8 Å². The van der Waals surface area contributed by atoms with Crippen LogP contribution in [0.25, 0.3) is 0 Å².